The topological polar surface area (TPSA) is 69.3 Å². The van der Waals surface area contributed by atoms with Crippen LogP contribution in [-0.2, 0) is 13.8 Å². The van der Waals surface area contributed by atoms with Crippen LogP contribution < -0.4 is 15.4 Å². The minimum absolute atomic E-state index is 0.356. The number of hydrogen-bond acceptors (Lipinski definition) is 7. The molecule has 1 N–H and O–H groups in total. The van der Waals surface area contributed by atoms with Crippen molar-refractivity contribution in [2.45, 2.75) is 86.2 Å². The molecule has 9 heteroatoms. The smallest absolute Gasteiger partial charge is 0.407 e. The van der Waals surface area contributed by atoms with Crippen LogP contribution in [0, 0.1) is 38.5 Å². The summed E-state index contributed by atoms with van der Waals surface area (Å²) in [5.41, 5.74) is 0.800. The first kappa shape index (κ1) is 46.7. The number of benzene rings is 2. The van der Waals surface area contributed by atoms with Crippen molar-refractivity contribution in [2.75, 3.05) is 40.0 Å². The molecule has 0 aliphatic heterocycles. The molecule has 0 fully saturated rings. The van der Waals surface area contributed by atoms with Gasteiger partial charge in [0.1, 0.15) is 11.4 Å². The zero-order valence-corrected chi connectivity index (χ0v) is 31.3. The van der Waals surface area contributed by atoms with Crippen molar-refractivity contribution < 1.29 is 23.3 Å². The van der Waals surface area contributed by atoms with Crippen LogP contribution in [0.15, 0.2) is 53.4 Å². The lowest BCUT2D eigenvalue weighted by Crippen LogP contribution is -2.34. The van der Waals surface area contributed by atoms with Gasteiger partial charge in [0.2, 0.25) is 8.38 Å². The fourth-order valence-electron chi connectivity index (χ4n) is 3.21. The summed E-state index contributed by atoms with van der Waals surface area (Å²) in [5.74, 6) is 1.44. The summed E-state index contributed by atoms with van der Waals surface area (Å²) in [6, 6.07) is 16.4. The lowest BCUT2D eigenvalue weighted by molar-refractivity contribution is 0.0526. The largest absolute Gasteiger partial charge is 0.497 e. The first-order valence-corrected chi connectivity index (χ1v) is 17.3. The number of methoxy groups -OCH3 is 1. The number of alkyl carbamates (subject to hydrolysis) is 1. The number of nitrogens with one attached hydrogen (secondary N) is 1. The maximum atomic E-state index is 11.7. The van der Waals surface area contributed by atoms with E-state index in [1.165, 1.54) is 10.5 Å². The van der Waals surface area contributed by atoms with Crippen molar-refractivity contribution in [3.8, 4) is 31.4 Å². The zero-order chi connectivity index (χ0) is 35.3. The normalized spacial score (nSPS) is 10.1. The van der Waals surface area contributed by atoms with E-state index in [-0.39, 0.29) is 6.09 Å². The predicted octanol–water partition coefficient (Wildman–Crippen LogP) is 9.11. The molecule has 0 aromatic heterocycles. The van der Waals surface area contributed by atoms with E-state index < -0.39 is 14.0 Å². The number of nitrogens with zero attached hydrogens (tertiary/aromatic N) is 1. The number of terminal acetylenes is 2. The molecule has 45 heavy (non-hydrogen) atoms. The summed E-state index contributed by atoms with van der Waals surface area (Å²) in [4.78, 5) is 12.9. The Balaban J connectivity index is -0.000000744. The van der Waals surface area contributed by atoms with Crippen LogP contribution in [0.4, 0.5) is 4.79 Å². The van der Waals surface area contributed by atoms with Crippen LogP contribution in [0.5, 0.6) is 5.75 Å². The Morgan fingerprint density at radius 2 is 1.44 bits per heavy atom. The molecule has 254 valence electrons. The number of amides is 1. The quantitative estimate of drug-likeness (QED) is 0.0937. The van der Waals surface area contributed by atoms with Gasteiger partial charge in [0.15, 0.2) is 0 Å². The zero-order valence-electron chi connectivity index (χ0n) is 29.6. The standard InChI is InChI=1S/C19H32N2O3S.C11H17O2P.C2H6.2C2H2/c1-15(2)14-21(25-17-10-8-16(23-6)9-11-17)13-7-12-20-18(22)24-19(3,4)5;1-4-12-14(13-5-2)11-8-6-10(3)7-9-11;3*1-2/h8-11,15H,7,12-14H2,1-6H3,(H,20,22);6-9H,4-5H2,1-3H3;1-2H3;2*1-2H. The van der Waals surface area contributed by atoms with Crippen molar-refractivity contribution in [1.29, 1.82) is 0 Å². The van der Waals surface area contributed by atoms with Crippen LogP contribution in [0.3, 0.4) is 0 Å². The minimum atomic E-state index is -0.868. The Labute approximate surface area is 281 Å². The highest BCUT2D eigenvalue weighted by molar-refractivity contribution is 7.97. The van der Waals surface area contributed by atoms with Gasteiger partial charge in [-0.25, -0.2) is 9.10 Å². The third-order valence-electron chi connectivity index (χ3n) is 4.85. The van der Waals surface area contributed by atoms with Gasteiger partial charge in [-0.05, 0) is 102 Å². The van der Waals surface area contributed by atoms with E-state index in [0.29, 0.717) is 25.7 Å². The predicted molar refractivity (Wildman–Crippen MR) is 196 cm³/mol. The summed E-state index contributed by atoms with van der Waals surface area (Å²) < 4.78 is 23.9. The lowest BCUT2D eigenvalue weighted by Gasteiger charge is -2.23. The highest BCUT2D eigenvalue weighted by atomic mass is 32.2. The Morgan fingerprint density at radius 1 is 0.933 bits per heavy atom. The van der Waals surface area contributed by atoms with E-state index in [9.17, 15) is 4.79 Å². The molecule has 0 aliphatic rings. The van der Waals surface area contributed by atoms with Gasteiger partial charge in [-0.1, -0.05) is 45.4 Å². The van der Waals surface area contributed by atoms with E-state index in [0.717, 1.165) is 30.6 Å². The van der Waals surface area contributed by atoms with Crippen molar-refractivity contribution in [3.05, 3.63) is 54.1 Å². The number of aryl methyl sites for hydroxylation is 1. The molecular weight excluding hydrogens is 603 g/mol. The van der Waals surface area contributed by atoms with Crippen LogP contribution in [-0.4, -0.2) is 56.0 Å². The average molecular weight is 663 g/mol. The van der Waals surface area contributed by atoms with Gasteiger partial charge in [0.05, 0.1) is 20.3 Å². The van der Waals surface area contributed by atoms with Crippen LogP contribution in [0.25, 0.3) is 0 Å². The molecule has 2 aromatic rings. The van der Waals surface area contributed by atoms with Crippen molar-refractivity contribution in [2.24, 2.45) is 5.92 Å². The van der Waals surface area contributed by atoms with Gasteiger partial charge in [-0.2, -0.15) is 0 Å². The highest BCUT2D eigenvalue weighted by Crippen LogP contribution is 2.36. The van der Waals surface area contributed by atoms with Crippen molar-refractivity contribution >= 4 is 31.7 Å². The Hall–Kier alpha value is -2.71. The molecular formula is C36H59N2O5PS. The molecule has 2 aromatic carbocycles. The maximum absolute atomic E-state index is 11.7. The second-order valence-corrected chi connectivity index (χ2v) is 13.0. The number of rotatable bonds is 14. The van der Waals surface area contributed by atoms with Gasteiger partial charge >= 0.3 is 6.09 Å². The lowest BCUT2D eigenvalue weighted by atomic mass is 10.2. The summed E-state index contributed by atoms with van der Waals surface area (Å²) in [6.07, 6.45) is 16.5. The van der Waals surface area contributed by atoms with Crippen LogP contribution >= 0.6 is 20.3 Å². The summed E-state index contributed by atoms with van der Waals surface area (Å²) in [6.45, 7) is 23.9. The first-order valence-electron chi connectivity index (χ1n) is 15.3. The summed E-state index contributed by atoms with van der Waals surface area (Å²) in [7, 11) is 0.803. The molecule has 2 rings (SSSR count). The molecule has 0 spiro atoms. The van der Waals surface area contributed by atoms with E-state index in [1.807, 2.05) is 60.6 Å². The fourth-order valence-corrected chi connectivity index (χ4v) is 5.60. The monoisotopic (exact) mass is 662 g/mol. The number of hydrogen-bond donors (Lipinski definition) is 1. The molecule has 0 aliphatic carbocycles. The van der Waals surface area contributed by atoms with E-state index >= 15 is 0 Å². The molecule has 0 radical (unpaired) electrons. The Bertz CT molecular complexity index is 994. The molecule has 0 atom stereocenters. The average Bonchev–Trinajstić information content (AvgIpc) is 3.02. The molecule has 7 nitrogen and oxygen atoms in total. The second-order valence-electron chi connectivity index (χ2n) is 10.3. The van der Waals surface area contributed by atoms with Gasteiger partial charge in [-0.3, -0.25) is 0 Å². The molecule has 1 amide bonds. The molecule has 0 unspecified atom stereocenters. The number of ether oxygens (including phenoxy) is 2. The van der Waals surface area contributed by atoms with Gasteiger partial charge in [-0.15, -0.1) is 25.7 Å². The summed E-state index contributed by atoms with van der Waals surface area (Å²) in [5, 5.41) is 3.96. The molecule has 0 saturated heterocycles. The maximum Gasteiger partial charge on any atom is 0.407 e. The van der Waals surface area contributed by atoms with E-state index in [1.54, 1.807) is 19.1 Å². The third kappa shape index (κ3) is 26.2. The number of carbonyl (C=O) groups is 1. The minimum Gasteiger partial charge on any atom is -0.497 e. The van der Waals surface area contributed by atoms with E-state index in [2.05, 4.69) is 92.5 Å². The highest BCUT2D eigenvalue weighted by Gasteiger charge is 2.16. The Kier molecular flexibility index (Phi) is 31.1. The first-order chi connectivity index (χ1) is 21.5. The second kappa shape index (κ2) is 30.0. The fraction of sp³-hybridized carbons (Fsp3) is 0.528. The van der Waals surface area contributed by atoms with Crippen LogP contribution in [0.1, 0.15) is 74.3 Å². The van der Waals surface area contributed by atoms with Gasteiger partial charge < -0.3 is 23.8 Å². The van der Waals surface area contributed by atoms with Gasteiger partial charge in [0, 0.05) is 29.8 Å². The number of carbonyl (C=O) groups excluding carboxylic acids is 1. The molecule has 0 bridgehead atoms. The SMILES string of the molecule is C#C.C#C.CC.CCOP(OCC)c1ccc(C)cc1.COc1ccc(SN(CCCNC(=O)OC(C)(C)C)CC(C)C)cc1. The molecule has 0 saturated carbocycles. The van der Waals surface area contributed by atoms with Crippen molar-refractivity contribution in [1.82, 2.24) is 9.62 Å². The van der Waals surface area contributed by atoms with Gasteiger partial charge in [0.25, 0.3) is 0 Å². The molecule has 0 heterocycles. The van der Waals surface area contributed by atoms with Crippen LogP contribution in [0.2, 0.25) is 0 Å². The summed E-state index contributed by atoms with van der Waals surface area (Å²) >= 11 is 1.74. The Morgan fingerprint density at radius 3 is 1.87 bits per heavy atom. The van der Waals surface area contributed by atoms with Crippen molar-refractivity contribution in [3.63, 3.8) is 0 Å². The van der Waals surface area contributed by atoms with E-state index in [4.69, 9.17) is 18.5 Å². The third-order valence-corrected chi connectivity index (χ3v) is 7.63.